The summed E-state index contributed by atoms with van der Waals surface area (Å²) in [6, 6.07) is 11.6. The van der Waals surface area contributed by atoms with Crippen molar-refractivity contribution in [3.8, 4) is 5.75 Å². The molecule has 2 atom stereocenters. The Morgan fingerprint density at radius 3 is 2.68 bits per heavy atom. The Balaban J connectivity index is 1.78. The van der Waals surface area contributed by atoms with Gasteiger partial charge in [-0.1, -0.05) is 18.2 Å². The second-order valence-electron chi connectivity index (χ2n) is 6.07. The molecule has 1 aromatic heterocycles. The summed E-state index contributed by atoms with van der Waals surface area (Å²) in [4.78, 5) is 16.4. The fourth-order valence-electron chi connectivity index (χ4n) is 3.25. The van der Waals surface area contributed by atoms with Gasteiger partial charge < -0.3 is 14.8 Å². The van der Waals surface area contributed by atoms with Gasteiger partial charge in [-0.05, 0) is 30.5 Å². The summed E-state index contributed by atoms with van der Waals surface area (Å²) in [5.41, 5.74) is 0.559. The topological polar surface area (TPSA) is 50.8 Å². The molecule has 0 spiro atoms. The summed E-state index contributed by atoms with van der Waals surface area (Å²) in [7, 11) is 1.58. The number of morpholine rings is 1. The molecule has 1 amide bonds. The summed E-state index contributed by atoms with van der Waals surface area (Å²) in [6.45, 7) is 5.27. The van der Waals surface area contributed by atoms with Crippen LogP contribution < -0.4 is 10.1 Å². The first-order valence-corrected chi connectivity index (χ1v) is 9.37. The van der Waals surface area contributed by atoms with Crippen molar-refractivity contribution in [3.05, 3.63) is 52.2 Å². The van der Waals surface area contributed by atoms with E-state index in [2.05, 4.69) is 34.7 Å². The number of benzene rings is 1. The molecule has 1 aromatic carbocycles. The number of nitrogens with zero attached hydrogens (tertiary/aromatic N) is 1. The van der Waals surface area contributed by atoms with Crippen LogP contribution in [-0.4, -0.2) is 50.3 Å². The van der Waals surface area contributed by atoms with Gasteiger partial charge in [-0.2, -0.15) is 0 Å². The van der Waals surface area contributed by atoms with Gasteiger partial charge in [-0.25, -0.2) is 0 Å². The second-order valence-corrected chi connectivity index (χ2v) is 7.05. The first-order valence-electron chi connectivity index (χ1n) is 8.50. The normalized spacial score (nSPS) is 17.7. The van der Waals surface area contributed by atoms with E-state index in [0.717, 1.165) is 26.3 Å². The van der Waals surface area contributed by atoms with Crippen molar-refractivity contribution in [2.45, 2.75) is 19.0 Å². The van der Waals surface area contributed by atoms with E-state index in [1.54, 1.807) is 30.6 Å². The number of methoxy groups -OCH3 is 1. The van der Waals surface area contributed by atoms with Crippen molar-refractivity contribution < 1.29 is 14.3 Å². The predicted molar refractivity (Wildman–Crippen MR) is 99.4 cm³/mol. The summed E-state index contributed by atoms with van der Waals surface area (Å²) in [6.07, 6.45) is 0. The lowest BCUT2D eigenvalue weighted by atomic mass is 10.0. The molecule has 1 aliphatic heterocycles. The van der Waals surface area contributed by atoms with E-state index >= 15 is 0 Å². The highest BCUT2D eigenvalue weighted by Gasteiger charge is 2.30. The molecule has 1 saturated heterocycles. The minimum absolute atomic E-state index is 0.0332. The molecule has 1 N–H and O–H groups in total. The van der Waals surface area contributed by atoms with E-state index in [4.69, 9.17) is 9.47 Å². The molecule has 0 saturated carbocycles. The van der Waals surface area contributed by atoms with Gasteiger partial charge in [0.05, 0.1) is 31.9 Å². The molecular formula is C19H24N2O3S. The Hall–Kier alpha value is -1.89. The predicted octanol–water partition coefficient (Wildman–Crippen LogP) is 2.95. The average Bonchev–Trinajstić information content (AvgIpc) is 3.16. The first-order chi connectivity index (χ1) is 12.2. The highest BCUT2D eigenvalue weighted by Crippen LogP contribution is 2.29. The molecule has 1 aliphatic rings. The molecule has 2 aromatic rings. The molecular weight excluding hydrogens is 336 g/mol. The highest BCUT2D eigenvalue weighted by molar-refractivity contribution is 7.10. The summed E-state index contributed by atoms with van der Waals surface area (Å²) in [5.74, 6) is 0.478. The van der Waals surface area contributed by atoms with Crippen LogP contribution in [0.2, 0.25) is 0 Å². The maximum Gasteiger partial charge on any atom is 0.255 e. The van der Waals surface area contributed by atoms with Crippen molar-refractivity contribution in [2.75, 3.05) is 33.4 Å². The van der Waals surface area contributed by atoms with Crippen molar-refractivity contribution in [1.82, 2.24) is 10.2 Å². The van der Waals surface area contributed by atoms with Crippen molar-refractivity contribution in [3.63, 3.8) is 0 Å². The van der Waals surface area contributed by atoms with Gasteiger partial charge in [0, 0.05) is 24.0 Å². The number of amides is 1. The SMILES string of the molecule is COc1ccccc1C(=O)N[C@@H](C)[C@H](c1cccs1)N1CCOCC1. The summed E-state index contributed by atoms with van der Waals surface area (Å²) >= 11 is 1.73. The van der Waals surface area contributed by atoms with E-state index in [-0.39, 0.29) is 18.0 Å². The van der Waals surface area contributed by atoms with Gasteiger partial charge in [0.1, 0.15) is 5.75 Å². The third-order valence-corrected chi connectivity index (χ3v) is 5.40. The number of thiophene rings is 1. The monoisotopic (exact) mass is 360 g/mol. The zero-order valence-electron chi connectivity index (χ0n) is 14.6. The standard InChI is InChI=1S/C19H24N2O3S/c1-14(20-19(22)15-6-3-4-7-16(15)23-2)18(17-8-5-13-25-17)21-9-11-24-12-10-21/h3-8,13-14,18H,9-12H2,1-2H3,(H,20,22)/t14-,18+/m0/s1. The number of nitrogens with one attached hydrogen (secondary N) is 1. The third kappa shape index (κ3) is 4.21. The molecule has 5 nitrogen and oxygen atoms in total. The smallest absolute Gasteiger partial charge is 0.255 e. The molecule has 2 heterocycles. The van der Waals surface area contributed by atoms with Crippen LogP contribution in [0, 0.1) is 0 Å². The molecule has 0 bridgehead atoms. The van der Waals surface area contributed by atoms with Crippen LogP contribution in [0.5, 0.6) is 5.75 Å². The third-order valence-electron chi connectivity index (χ3n) is 4.46. The number of para-hydroxylation sites is 1. The quantitative estimate of drug-likeness (QED) is 0.861. The molecule has 25 heavy (non-hydrogen) atoms. The zero-order chi connectivity index (χ0) is 17.6. The number of rotatable bonds is 6. The van der Waals surface area contributed by atoms with E-state index < -0.39 is 0 Å². The van der Waals surface area contributed by atoms with Crippen LogP contribution in [0.3, 0.4) is 0 Å². The lowest BCUT2D eigenvalue weighted by Gasteiger charge is -2.37. The molecule has 6 heteroatoms. The van der Waals surface area contributed by atoms with Crippen molar-refractivity contribution in [1.29, 1.82) is 0 Å². The lowest BCUT2D eigenvalue weighted by Crippen LogP contribution is -2.48. The Bertz CT molecular complexity index is 684. The first kappa shape index (κ1) is 17.9. The molecule has 134 valence electrons. The molecule has 3 rings (SSSR count). The zero-order valence-corrected chi connectivity index (χ0v) is 15.4. The molecule has 0 unspecified atom stereocenters. The van der Waals surface area contributed by atoms with Gasteiger partial charge >= 0.3 is 0 Å². The van der Waals surface area contributed by atoms with Gasteiger partial charge in [-0.15, -0.1) is 11.3 Å². The van der Waals surface area contributed by atoms with E-state index in [1.807, 2.05) is 12.1 Å². The summed E-state index contributed by atoms with van der Waals surface area (Å²) < 4.78 is 10.8. The van der Waals surface area contributed by atoms with Crippen molar-refractivity contribution in [2.24, 2.45) is 0 Å². The van der Waals surface area contributed by atoms with Crippen LogP contribution in [0.4, 0.5) is 0 Å². The maximum absolute atomic E-state index is 12.8. The van der Waals surface area contributed by atoms with Gasteiger partial charge in [0.25, 0.3) is 5.91 Å². The second kappa shape index (κ2) is 8.47. The largest absolute Gasteiger partial charge is 0.496 e. The van der Waals surface area contributed by atoms with Crippen LogP contribution >= 0.6 is 11.3 Å². The fraction of sp³-hybridized carbons (Fsp3) is 0.421. The number of hydrogen-bond acceptors (Lipinski definition) is 5. The minimum Gasteiger partial charge on any atom is -0.496 e. The van der Waals surface area contributed by atoms with Gasteiger partial charge in [0.15, 0.2) is 0 Å². The number of carbonyl (C=O) groups excluding carboxylic acids is 1. The van der Waals surface area contributed by atoms with Crippen molar-refractivity contribution >= 4 is 17.2 Å². The number of carbonyl (C=O) groups is 1. The van der Waals surface area contributed by atoms with E-state index in [1.165, 1.54) is 4.88 Å². The number of hydrogen-bond donors (Lipinski definition) is 1. The minimum atomic E-state index is -0.111. The number of ether oxygens (including phenoxy) is 2. The Morgan fingerprint density at radius 2 is 2.00 bits per heavy atom. The Kier molecular flexibility index (Phi) is 6.07. The van der Waals surface area contributed by atoms with Gasteiger partial charge in [0.2, 0.25) is 0 Å². The lowest BCUT2D eigenvalue weighted by molar-refractivity contribution is 0.00969. The van der Waals surface area contributed by atoms with Crippen LogP contribution in [0.1, 0.15) is 28.2 Å². The Labute approximate surface area is 152 Å². The maximum atomic E-state index is 12.8. The van der Waals surface area contributed by atoms with E-state index in [0.29, 0.717) is 11.3 Å². The highest BCUT2D eigenvalue weighted by atomic mass is 32.1. The van der Waals surface area contributed by atoms with E-state index in [9.17, 15) is 4.79 Å². The van der Waals surface area contributed by atoms with Gasteiger partial charge in [-0.3, -0.25) is 9.69 Å². The van der Waals surface area contributed by atoms with Crippen LogP contribution in [0.15, 0.2) is 41.8 Å². The van der Waals surface area contributed by atoms with Crippen LogP contribution in [-0.2, 0) is 4.74 Å². The molecule has 1 fully saturated rings. The molecule has 0 radical (unpaired) electrons. The fourth-order valence-corrected chi connectivity index (χ4v) is 4.22. The average molecular weight is 360 g/mol. The Morgan fingerprint density at radius 1 is 1.24 bits per heavy atom. The molecule has 0 aliphatic carbocycles. The summed E-state index contributed by atoms with van der Waals surface area (Å²) in [5, 5.41) is 5.24. The van der Waals surface area contributed by atoms with Crippen LogP contribution in [0.25, 0.3) is 0 Å².